The highest BCUT2D eigenvalue weighted by molar-refractivity contribution is 7.92. The summed E-state index contributed by atoms with van der Waals surface area (Å²) in [5.41, 5.74) is 1.03. The summed E-state index contributed by atoms with van der Waals surface area (Å²) in [6.07, 6.45) is 1.06. The van der Waals surface area contributed by atoms with Gasteiger partial charge in [0.25, 0.3) is 10.0 Å². The molecule has 1 heterocycles. The molecular formula is C18H16N2O6S. The van der Waals surface area contributed by atoms with E-state index in [-0.39, 0.29) is 27.9 Å². The molecule has 9 heteroatoms. The van der Waals surface area contributed by atoms with Crippen molar-refractivity contribution in [2.45, 2.75) is 5.03 Å². The summed E-state index contributed by atoms with van der Waals surface area (Å²) < 4.78 is 42.7. The van der Waals surface area contributed by atoms with Gasteiger partial charge in [-0.15, -0.1) is 0 Å². The first kappa shape index (κ1) is 18.5. The predicted molar refractivity (Wildman–Crippen MR) is 97.1 cm³/mol. The van der Waals surface area contributed by atoms with Crippen molar-refractivity contribution in [3.8, 4) is 17.2 Å². The topological polar surface area (TPSA) is 108 Å². The Morgan fingerprint density at radius 2 is 1.85 bits per heavy atom. The van der Waals surface area contributed by atoms with E-state index in [1.165, 1.54) is 32.4 Å². The predicted octanol–water partition coefficient (Wildman–Crippen LogP) is 2.94. The van der Waals surface area contributed by atoms with Crippen LogP contribution in [0.15, 0.2) is 64.2 Å². The first-order valence-electron chi connectivity index (χ1n) is 7.74. The van der Waals surface area contributed by atoms with Gasteiger partial charge in [-0.25, -0.2) is 4.79 Å². The highest BCUT2D eigenvalue weighted by atomic mass is 32.2. The number of hydrogen-bond donors (Lipinski definition) is 1. The lowest BCUT2D eigenvalue weighted by molar-refractivity contribution is 0.0600. The molecule has 2 aromatic carbocycles. The van der Waals surface area contributed by atoms with Gasteiger partial charge in [-0.1, -0.05) is 18.2 Å². The van der Waals surface area contributed by atoms with Crippen LogP contribution in [-0.4, -0.2) is 33.6 Å². The summed E-state index contributed by atoms with van der Waals surface area (Å²) in [4.78, 5) is 15.6. The quantitative estimate of drug-likeness (QED) is 0.647. The number of esters is 1. The SMILES string of the molecule is COC(=O)c1ccc(NS(=O)(=O)c2coc(-c3ccccc3)n2)c(OC)c1. The van der Waals surface area contributed by atoms with E-state index in [0.29, 0.717) is 5.56 Å². The van der Waals surface area contributed by atoms with E-state index < -0.39 is 16.0 Å². The zero-order chi connectivity index (χ0) is 19.4. The van der Waals surface area contributed by atoms with Gasteiger partial charge in [0.15, 0.2) is 0 Å². The summed E-state index contributed by atoms with van der Waals surface area (Å²) in [6, 6.07) is 13.1. The molecular weight excluding hydrogens is 372 g/mol. The molecule has 0 bridgehead atoms. The maximum absolute atomic E-state index is 12.6. The van der Waals surface area contributed by atoms with Crippen LogP contribution in [0.1, 0.15) is 10.4 Å². The maximum Gasteiger partial charge on any atom is 0.337 e. The minimum Gasteiger partial charge on any atom is -0.495 e. The average molecular weight is 388 g/mol. The monoisotopic (exact) mass is 388 g/mol. The normalized spacial score (nSPS) is 11.0. The molecule has 0 unspecified atom stereocenters. The van der Waals surface area contributed by atoms with Crippen molar-refractivity contribution in [1.82, 2.24) is 4.98 Å². The number of ether oxygens (including phenoxy) is 2. The number of nitrogens with one attached hydrogen (secondary N) is 1. The van der Waals surface area contributed by atoms with E-state index in [9.17, 15) is 13.2 Å². The molecule has 1 N–H and O–H groups in total. The number of rotatable bonds is 6. The third kappa shape index (κ3) is 3.93. The Kier molecular flexibility index (Phi) is 5.13. The van der Waals surface area contributed by atoms with Crippen LogP contribution in [0.5, 0.6) is 5.75 Å². The summed E-state index contributed by atoms with van der Waals surface area (Å²) in [5, 5.41) is -0.277. The first-order chi connectivity index (χ1) is 12.9. The highest BCUT2D eigenvalue weighted by Gasteiger charge is 2.22. The zero-order valence-electron chi connectivity index (χ0n) is 14.5. The standard InChI is InChI=1S/C18H16N2O6S/c1-24-15-10-13(18(21)25-2)8-9-14(15)20-27(22,23)16-11-26-17(19-16)12-6-4-3-5-7-12/h3-11,20H,1-2H3. The van der Waals surface area contributed by atoms with Gasteiger partial charge in [-0.05, 0) is 30.3 Å². The van der Waals surface area contributed by atoms with Crippen LogP contribution >= 0.6 is 0 Å². The first-order valence-corrected chi connectivity index (χ1v) is 9.23. The summed E-state index contributed by atoms with van der Waals surface area (Å²) >= 11 is 0. The van der Waals surface area contributed by atoms with Crippen LogP contribution in [0.3, 0.4) is 0 Å². The lowest BCUT2D eigenvalue weighted by atomic mass is 10.2. The maximum atomic E-state index is 12.6. The molecule has 8 nitrogen and oxygen atoms in total. The number of carbonyl (C=O) groups is 1. The van der Waals surface area contributed by atoms with E-state index in [4.69, 9.17) is 9.15 Å². The Balaban J connectivity index is 1.89. The molecule has 0 amide bonds. The minimum absolute atomic E-state index is 0.148. The largest absolute Gasteiger partial charge is 0.495 e. The van der Waals surface area contributed by atoms with Gasteiger partial charge in [-0.2, -0.15) is 13.4 Å². The van der Waals surface area contributed by atoms with Crippen molar-refractivity contribution in [3.63, 3.8) is 0 Å². The number of methoxy groups -OCH3 is 2. The number of benzene rings is 2. The lowest BCUT2D eigenvalue weighted by Crippen LogP contribution is -2.14. The van der Waals surface area contributed by atoms with E-state index in [2.05, 4.69) is 14.4 Å². The van der Waals surface area contributed by atoms with Crippen LogP contribution in [0.25, 0.3) is 11.5 Å². The third-order valence-corrected chi connectivity index (χ3v) is 4.87. The van der Waals surface area contributed by atoms with Gasteiger partial charge in [0.05, 0.1) is 25.5 Å². The molecule has 27 heavy (non-hydrogen) atoms. The zero-order valence-corrected chi connectivity index (χ0v) is 15.3. The number of hydrogen-bond acceptors (Lipinski definition) is 7. The van der Waals surface area contributed by atoms with Gasteiger partial charge in [0.2, 0.25) is 10.9 Å². The third-order valence-electron chi connectivity index (χ3n) is 3.65. The van der Waals surface area contributed by atoms with Crippen LogP contribution in [0, 0.1) is 0 Å². The Labute approximate surface area is 155 Å². The van der Waals surface area contributed by atoms with Crippen LogP contribution < -0.4 is 9.46 Å². The van der Waals surface area contributed by atoms with Crippen molar-refractivity contribution in [2.24, 2.45) is 0 Å². The molecule has 0 saturated heterocycles. The molecule has 3 aromatic rings. The molecule has 0 aliphatic rings. The Morgan fingerprint density at radius 1 is 1.11 bits per heavy atom. The van der Waals surface area contributed by atoms with Crippen molar-refractivity contribution >= 4 is 21.7 Å². The van der Waals surface area contributed by atoms with Crippen molar-refractivity contribution < 1.29 is 27.1 Å². The van der Waals surface area contributed by atoms with Gasteiger partial charge in [-0.3, -0.25) is 4.72 Å². The molecule has 3 rings (SSSR count). The van der Waals surface area contributed by atoms with E-state index in [0.717, 1.165) is 6.26 Å². The van der Waals surface area contributed by atoms with Gasteiger partial charge < -0.3 is 13.9 Å². The molecule has 0 atom stereocenters. The lowest BCUT2D eigenvalue weighted by Gasteiger charge is -2.11. The van der Waals surface area contributed by atoms with Crippen molar-refractivity contribution in [2.75, 3.05) is 18.9 Å². The second-order valence-electron chi connectivity index (χ2n) is 5.37. The Hall–Kier alpha value is -3.33. The average Bonchev–Trinajstić information content (AvgIpc) is 3.19. The molecule has 0 radical (unpaired) electrons. The number of sulfonamides is 1. The molecule has 0 aliphatic heterocycles. The summed E-state index contributed by atoms with van der Waals surface area (Å²) in [7, 11) is -1.41. The molecule has 0 aliphatic carbocycles. The number of anilines is 1. The van der Waals surface area contributed by atoms with Crippen molar-refractivity contribution in [1.29, 1.82) is 0 Å². The molecule has 0 saturated carbocycles. The van der Waals surface area contributed by atoms with E-state index in [1.54, 1.807) is 24.3 Å². The number of nitrogens with zero attached hydrogens (tertiary/aromatic N) is 1. The van der Waals surface area contributed by atoms with Crippen molar-refractivity contribution in [3.05, 3.63) is 60.4 Å². The van der Waals surface area contributed by atoms with Crippen LogP contribution in [0.4, 0.5) is 5.69 Å². The van der Waals surface area contributed by atoms with Gasteiger partial charge in [0.1, 0.15) is 12.0 Å². The van der Waals surface area contributed by atoms with Gasteiger partial charge in [0, 0.05) is 5.56 Å². The smallest absolute Gasteiger partial charge is 0.337 e. The summed E-state index contributed by atoms with van der Waals surface area (Å²) in [6.45, 7) is 0. The fourth-order valence-corrected chi connectivity index (χ4v) is 3.25. The Morgan fingerprint density at radius 3 is 2.52 bits per heavy atom. The molecule has 0 fully saturated rings. The molecule has 140 valence electrons. The van der Waals surface area contributed by atoms with Crippen LogP contribution in [-0.2, 0) is 14.8 Å². The number of carbonyl (C=O) groups excluding carboxylic acids is 1. The fourth-order valence-electron chi connectivity index (χ4n) is 2.31. The molecule has 1 aromatic heterocycles. The van der Waals surface area contributed by atoms with E-state index >= 15 is 0 Å². The van der Waals surface area contributed by atoms with Gasteiger partial charge >= 0.3 is 5.97 Å². The number of aromatic nitrogens is 1. The fraction of sp³-hybridized carbons (Fsp3) is 0.111. The second-order valence-corrected chi connectivity index (χ2v) is 7.00. The second kappa shape index (κ2) is 7.50. The molecule has 0 spiro atoms. The minimum atomic E-state index is -4.02. The number of oxazole rings is 1. The van der Waals surface area contributed by atoms with E-state index in [1.807, 2.05) is 6.07 Å². The summed E-state index contributed by atoms with van der Waals surface area (Å²) in [5.74, 6) is -0.219. The highest BCUT2D eigenvalue weighted by Crippen LogP contribution is 2.29. The van der Waals surface area contributed by atoms with Crippen LogP contribution in [0.2, 0.25) is 0 Å². The Bertz CT molecular complexity index is 1060.